The first kappa shape index (κ1) is 36.7. The molecule has 3 rings (SSSR count). The predicted molar refractivity (Wildman–Crippen MR) is 178 cm³/mol. The molecule has 11 nitrogen and oxygen atoms in total. The molecular formula is C35H54N6O5. The van der Waals surface area contributed by atoms with E-state index >= 15 is 0 Å². The Morgan fingerprint density at radius 1 is 0.891 bits per heavy atom. The van der Waals surface area contributed by atoms with Gasteiger partial charge in [-0.05, 0) is 64.1 Å². The van der Waals surface area contributed by atoms with Crippen LogP contribution in [-0.4, -0.2) is 114 Å². The van der Waals surface area contributed by atoms with Crippen LogP contribution in [0.1, 0.15) is 65.9 Å². The maximum Gasteiger partial charge on any atom is 0.246 e. The Morgan fingerprint density at radius 2 is 1.48 bits per heavy atom. The molecule has 254 valence electrons. The van der Waals surface area contributed by atoms with Crippen LogP contribution in [0.4, 0.5) is 0 Å². The van der Waals surface area contributed by atoms with E-state index in [1.54, 1.807) is 42.8 Å². The number of likely N-dealkylation sites (N-methyl/N-ethyl adjacent to an activating group) is 2. The molecule has 1 aromatic rings. The molecule has 0 unspecified atom stereocenters. The molecule has 2 aliphatic heterocycles. The smallest absolute Gasteiger partial charge is 0.246 e. The molecule has 0 saturated carbocycles. The van der Waals surface area contributed by atoms with Gasteiger partial charge in [0.15, 0.2) is 0 Å². The second-order valence-electron chi connectivity index (χ2n) is 13.7. The average molecular weight is 639 g/mol. The summed E-state index contributed by atoms with van der Waals surface area (Å²) in [5.41, 5.74) is 1.63. The summed E-state index contributed by atoms with van der Waals surface area (Å²) >= 11 is 0. The van der Waals surface area contributed by atoms with Gasteiger partial charge in [-0.1, -0.05) is 70.2 Å². The van der Waals surface area contributed by atoms with Crippen LogP contribution in [0.3, 0.4) is 0 Å². The lowest BCUT2D eigenvalue weighted by atomic mass is 9.96. The average Bonchev–Trinajstić information content (AvgIpc) is 3.68. The fourth-order valence-corrected chi connectivity index (χ4v) is 6.75. The summed E-state index contributed by atoms with van der Waals surface area (Å²) in [6.45, 7) is 14.4. The number of nitrogens with one attached hydrogen (secondary N) is 2. The van der Waals surface area contributed by atoms with Crippen molar-refractivity contribution >= 4 is 29.5 Å². The van der Waals surface area contributed by atoms with Gasteiger partial charge in [0.1, 0.15) is 30.2 Å². The van der Waals surface area contributed by atoms with Gasteiger partial charge in [-0.2, -0.15) is 0 Å². The van der Waals surface area contributed by atoms with E-state index in [1.807, 2.05) is 58.0 Å². The van der Waals surface area contributed by atoms with E-state index in [-0.39, 0.29) is 41.4 Å². The first-order chi connectivity index (χ1) is 21.7. The highest BCUT2D eigenvalue weighted by atomic mass is 16.2. The lowest BCUT2D eigenvalue weighted by Gasteiger charge is -2.38. The Hall–Kier alpha value is -3.73. The number of nitrogens with zero attached hydrogens (tertiary/aromatic N) is 4. The van der Waals surface area contributed by atoms with Crippen molar-refractivity contribution in [1.82, 2.24) is 30.2 Å². The molecule has 2 heterocycles. The molecule has 2 aliphatic rings. The molecule has 2 fully saturated rings. The van der Waals surface area contributed by atoms with Gasteiger partial charge in [0, 0.05) is 26.7 Å². The molecule has 11 heteroatoms. The summed E-state index contributed by atoms with van der Waals surface area (Å²) in [5.74, 6) is -1.91. The van der Waals surface area contributed by atoms with E-state index in [0.717, 1.165) is 5.56 Å². The lowest BCUT2D eigenvalue weighted by Crippen LogP contribution is -2.61. The molecule has 2 saturated heterocycles. The minimum atomic E-state index is -0.857. The van der Waals surface area contributed by atoms with E-state index in [0.29, 0.717) is 50.9 Å². The lowest BCUT2D eigenvalue weighted by molar-refractivity contribution is -0.153. The van der Waals surface area contributed by atoms with Crippen LogP contribution in [0.2, 0.25) is 0 Å². The highest BCUT2D eigenvalue weighted by Gasteiger charge is 2.45. The number of hydrogen-bond acceptors (Lipinski definition) is 6. The van der Waals surface area contributed by atoms with Gasteiger partial charge >= 0.3 is 0 Å². The number of carbonyl (C=O) groups is 5. The fourth-order valence-electron chi connectivity index (χ4n) is 6.75. The molecule has 0 spiro atoms. The number of hydrogen-bond donors (Lipinski definition) is 2. The molecule has 5 atom stereocenters. The second-order valence-corrected chi connectivity index (χ2v) is 13.7. The van der Waals surface area contributed by atoms with Gasteiger partial charge in [-0.15, -0.1) is 0 Å². The van der Waals surface area contributed by atoms with E-state index in [9.17, 15) is 24.0 Å². The largest absolute Gasteiger partial charge is 0.350 e. The minimum absolute atomic E-state index is 0.194. The normalized spacial score (nSPS) is 20.1. The number of rotatable bonds is 13. The number of likely N-dealkylation sites (tertiary alicyclic amines) is 2. The first-order valence-electron chi connectivity index (χ1n) is 16.5. The molecule has 0 radical (unpaired) electrons. The SMILES string of the molecule is C=C(C)[C@@H](C(=O)N[C@H](C(=O)N(C)[C@H](C(=O)N1CCC[C@H]1C(=O)N1CCC[C@H]1C(=O)NCc1ccccc1)C(C)C)C(C)C)N(C)C. The zero-order valence-electron chi connectivity index (χ0n) is 28.9. The third-order valence-electron chi connectivity index (χ3n) is 9.08. The van der Waals surface area contributed by atoms with Crippen molar-refractivity contribution in [3.8, 4) is 0 Å². The van der Waals surface area contributed by atoms with Gasteiger partial charge in [0.05, 0.1) is 0 Å². The Bertz CT molecular complexity index is 1270. The molecule has 0 aliphatic carbocycles. The van der Waals surface area contributed by atoms with Crippen LogP contribution in [-0.2, 0) is 30.5 Å². The first-order valence-corrected chi connectivity index (χ1v) is 16.5. The van der Waals surface area contributed by atoms with Crippen LogP contribution in [0.5, 0.6) is 0 Å². The maximum atomic E-state index is 14.2. The van der Waals surface area contributed by atoms with Crippen molar-refractivity contribution in [1.29, 1.82) is 0 Å². The zero-order chi connectivity index (χ0) is 34.3. The second kappa shape index (κ2) is 16.2. The summed E-state index contributed by atoms with van der Waals surface area (Å²) in [5, 5.41) is 5.87. The molecule has 5 amide bonds. The fraction of sp³-hybridized carbons (Fsp3) is 0.629. The summed E-state index contributed by atoms with van der Waals surface area (Å²) in [6, 6.07) is 6.04. The molecule has 0 aromatic heterocycles. The van der Waals surface area contributed by atoms with Crippen molar-refractivity contribution in [2.75, 3.05) is 34.2 Å². The zero-order valence-corrected chi connectivity index (χ0v) is 28.9. The highest BCUT2D eigenvalue weighted by molar-refractivity contribution is 5.96. The van der Waals surface area contributed by atoms with Gasteiger partial charge in [0.25, 0.3) is 0 Å². The molecule has 0 bridgehead atoms. The van der Waals surface area contributed by atoms with Gasteiger partial charge in [-0.25, -0.2) is 0 Å². The van der Waals surface area contributed by atoms with Crippen molar-refractivity contribution in [2.24, 2.45) is 11.8 Å². The number of benzene rings is 1. The van der Waals surface area contributed by atoms with Crippen molar-refractivity contribution in [3.63, 3.8) is 0 Å². The Kier molecular flexibility index (Phi) is 12.9. The summed E-state index contributed by atoms with van der Waals surface area (Å²) in [4.78, 5) is 74.9. The van der Waals surface area contributed by atoms with Crippen LogP contribution in [0.15, 0.2) is 42.5 Å². The quantitative estimate of drug-likeness (QED) is 0.320. The third kappa shape index (κ3) is 8.54. The Morgan fingerprint density at radius 3 is 2.02 bits per heavy atom. The van der Waals surface area contributed by atoms with E-state index in [1.165, 1.54) is 4.90 Å². The standard InChI is InChI=1S/C35H54N6O5/c1-22(2)28(37-32(43)29(23(3)4)38(7)8)34(45)39(9)30(24(5)6)35(46)41-20-14-18-27(41)33(44)40-19-13-17-26(40)31(42)36-21-25-15-11-10-12-16-25/h10-12,15-16,22,24,26-30H,3,13-14,17-21H2,1-2,4-9H3,(H,36,42)(H,37,43)/t26-,27-,28-,29-,30-/m0/s1. The minimum Gasteiger partial charge on any atom is -0.350 e. The summed E-state index contributed by atoms with van der Waals surface area (Å²) < 4.78 is 0. The van der Waals surface area contributed by atoms with E-state index < -0.39 is 30.2 Å². The van der Waals surface area contributed by atoms with Crippen LogP contribution in [0, 0.1) is 11.8 Å². The van der Waals surface area contributed by atoms with E-state index in [4.69, 9.17) is 0 Å². The monoisotopic (exact) mass is 638 g/mol. The number of amides is 5. The molecule has 46 heavy (non-hydrogen) atoms. The molecule has 2 N–H and O–H groups in total. The van der Waals surface area contributed by atoms with Crippen molar-refractivity contribution in [3.05, 3.63) is 48.0 Å². The maximum absolute atomic E-state index is 14.2. The van der Waals surface area contributed by atoms with Crippen LogP contribution < -0.4 is 10.6 Å². The van der Waals surface area contributed by atoms with Gasteiger partial charge < -0.3 is 25.3 Å². The number of carbonyl (C=O) groups excluding carboxylic acids is 5. The van der Waals surface area contributed by atoms with Crippen LogP contribution in [0.25, 0.3) is 0 Å². The molecule has 1 aromatic carbocycles. The topological polar surface area (TPSA) is 122 Å². The van der Waals surface area contributed by atoms with Gasteiger partial charge in [-0.3, -0.25) is 28.9 Å². The summed E-state index contributed by atoms with van der Waals surface area (Å²) in [6.07, 6.45) is 2.44. The summed E-state index contributed by atoms with van der Waals surface area (Å²) in [7, 11) is 5.15. The predicted octanol–water partition coefficient (Wildman–Crippen LogP) is 2.41. The van der Waals surface area contributed by atoms with Crippen molar-refractivity contribution < 1.29 is 24.0 Å². The van der Waals surface area contributed by atoms with E-state index in [2.05, 4.69) is 17.2 Å². The van der Waals surface area contributed by atoms with Crippen LogP contribution >= 0.6 is 0 Å². The Balaban J connectivity index is 1.75. The van der Waals surface area contributed by atoms with Crippen molar-refractivity contribution in [2.45, 2.75) is 97.1 Å². The Labute approximate surface area is 274 Å². The highest BCUT2D eigenvalue weighted by Crippen LogP contribution is 2.28. The van der Waals surface area contributed by atoms with Gasteiger partial charge in [0.2, 0.25) is 29.5 Å². The third-order valence-corrected chi connectivity index (χ3v) is 9.08. The molecular weight excluding hydrogens is 584 g/mol.